The Morgan fingerprint density at radius 2 is 2.07 bits per heavy atom. The SMILES string of the molecule is CC(=O)Nc1ccc(C(=O)O)c([O-])c1. The van der Waals surface area contributed by atoms with Gasteiger partial charge in [0, 0.05) is 12.6 Å². The first-order valence-electron chi connectivity index (χ1n) is 3.82. The van der Waals surface area contributed by atoms with Gasteiger partial charge in [-0.3, -0.25) is 4.79 Å². The standard InChI is InChI=1S/C9H9NO4/c1-5(11)10-6-2-3-7(9(13)14)8(12)4-6/h2-4,12H,1H3,(H,10,11)(H,13,14)/p-1. The second kappa shape index (κ2) is 3.78. The van der Waals surface area contributed by atoms with Gasteiger partial charge in [-0.15, -0.1) is 0 Å². The molecule has 0 bridgehead atoms. The number of carboxylic acids is 1. The fourth-order valence-electron chi connectivity index (χ4n) is 0.980. The third-order valence-corrected chi connectivity index (χ3v) is 1.53. The zero-order valence-corrected chi connectivity index (χ0v) is 7.40. The fraction of sp³-hybridized carbons (Fsp3) is 0.111. The van der Waals surface area contributed by atoms with E-state index in [0.717, 1.165) is 12.1 Å². The predicted octanol–water partition coefficient (Wildman–Crippen LogP) is 0.417. The first kappa shape index (κ1) is 10.0. The molecular formula is C9H8NO4-. The summed E-state index contributed by atoms with van der Waals surface area (Å²) >= 11 is 0. The van der Waals surface area contributed by atoms with Crippen molar-refractivity contribution in [3.05, 3.63) is 23.8 Å². The Morgan fingerprint density at radius 1 is 1.43 bits per heavy atom. The van der Waals surface area contributed by atoms with Crippen molar-refractivity contribution < 1.29 is 19.8 Å². The van der Waals surface area contributed by atoms with Crippen LogP contribution < -0.4 is 10.4 Å². The lowest BCUT2D eigenvalue weighted by molar-refractivity contribution is -0.268. The van der Waals surface area contributed by atoms with Gasteiger partial charge in [0.2, 0.25) is 5.91 Å². The van der Waals surface area contributed by atoms with Gasteiger partial charge in [-0.1, -0.05) is 5.75 Å². The van der Waals surface area contributed by atoms with Gasteiger partial charge in [0.1, 0.15) is 0 Å². The summed E-state index contributed by atoms with van der Waals surface area (Å²) in [4.78, 5) is 21.1. The van der Waals surface area contributed by atoms with Crippen molar-refractivity contribution in [2.24, 2.45) is 0 Å². The number of carbonyl (C=O) groups is 2. The van der Waals surface area contributed by atoms with Gasteiger partial charge in [0.05, 0.1) is 5.56 Å². The van der Waals surface area contributed by atoms with Crippen molar-refractivity contribution in [1.29, 1.82) is 0 Å². The highest BCUT2D eigenvalue weighted by Gasteiger charge is 2.04. The molecule has 14 heavy (non-hydrogen) atoms. The monoisotopic (exact) mass is 194 g/mol. The van der Waals surface area contributed by atoms with Crippen LogP contribution in [0.15, 0.2) is 18.2 Å². The molecule has 0 heterocycles. The van der Waals surface area contributed by atoms with Crippen LogP contribution in [-0.2, 0) is 4.79 Å². The highest BCUT2D eigenvalue weighted by Crippen LogP contribution is 2.19. The summed E-state index contributed by atoms with van der Waals surface area (Å²) in [7, 11) is 0. The van der Waals surface area contributed by atoms with Gasteiger partial charge in [-0.25, -0.2) is 4.79 Å². The Hall–Kier alpha value is -2.04. The minimum absolute atomic E-state index is 0.299. The molecule has 1 rings (SSSR count). The number of nitrogens with one attached hydrogen (secondary N) is 1. The molecule has 0 atom stereocenters. The zero-order chi connectivity index (χ0) is 10.7. The zero-order valence-electron chi connectivity index (χ0n) is 7.40. The topological polar surface area (TPSA) is 89.5 Å². The van der Waals surface area contributed by atoms with Crippen LogP contribution in [0.5, 0.6) is 5.75 Å². The number of rotatable bonds is 2. The second-order valence-corrected chi connectivity index (χ2v) is 2.70. The number of hydrogen-bond acceptors (Lipinski definition) is 3. The molecule has 0 unspecified atom stereocenters. The molecule has 2 N–H and O–H groups in total. The van der Waals surface area contributed by atoms with Gasteiger partial charge in [-0.2, -0.15) is 0 Å². The Morgan fingerprint density at radius 3 is 2.50 bits per heavy atom. The molecule has 0 aromatic heterocycles. The molecule has 1 amide bonds. The quantitative estimate of drug-likeness (QED) is 0.713. The molecule has 5 nitrogen and oxygen atoms in total. The van der Waals surface area contributed by atoms with Crippen LogP contribution in [0.2, 0.25) is 0 Å². The average molecular weight is 194 g/mol. The largest absolute Gasteiger partial charge is 0.872 e. The van der Waals surface area contributed by atoms with Crippen molar-refractivity contribution in [2.45, 2.75) is 6.92 Å². The molecule has 74 valence electrons. The summed E-state index contributed by atoms with van der Waals surface area (Å²) < 4.78 is 0. The van der Waals surface area contributed by atoms with Gasteiger partial charge < -0.3 is 15.5 Å². The normalized spacial score (nSPS) is 9.50. The van der Waals surface area contributed by atoms with Gasteiger partial charge in [0.15, 0.2) is 0 Å². The predicted molar refractivity (Wildman–Crippen MR) is 47.2 cm³/mol. The Labute approximate surface area is 80.0 Å². The molecule has 0 aliphatic rings. The summed E-state index contributed by atoms with van der Waals surface area (Å²) in [6.45, 7) is 1.30. The van der Waals surface area contributed by atoms with Crippen molar-refractivity contribution >= 4 is 17.6 Å². The van der Waals surface area contributed by atoms with E-state index in [9.17, 15) is 14.7 Å². The molecule has 5 heteroatoms. The third kappa shape index (κ3) is 2.22. The lowest BCUT2D eigenvalue weighted by atomic mass is 10.2. The first-order valence-corrected chi connectivity index (χ1v) is 3.82. The van der Waals surface area contributed by atoms with Crippen LogP contribution in [0.4, 0.5) is 5.69 Å². The summed E-state index contributed by atoms with van der Waals surface area (Å²) in [5.74, 6) is -2.21. The highest BCUT2D eigenvalue weighted by molar-refractivity contribution is 5.93. The maximum atomic E-state index is 11.1. The van der Waals surface area contributed by atoms with Crippen molar-refractivity contribution in [3.8, 4) is 5.75 Å². The number of amides is 1. The van der Waals surface area contributed by atoms with Gasteiger partial charge >= 0.3 is 5.97 Å². The summed E-state index contributed by atoms with van der Waals surface area (Å²) in [6.07, 6.45) is 0. The molecule has 0 radical (unpaired) electrons. The van der Waals surface area contributed by atoms with Gasteiger partial charge in [0.25, 0.3) is 0 Å². The maximum absolute atomic E-state index is 11.1. The molecule has 0 aliphatic heterocycles. The minimum atomic E-state index is -1.27. The molecule has 0 saturated carbocycles. The second-order valence-electron chi connectivity index (χ2n) is 2.70. The van der Waals surface area contributed by atoms with Gasteiger partial charge in [-0.05, 0) is 18.2 Å². The van der Waals surface area contributed by atoms with E-state index < -0.39 is 11.7 Å². The van der Waals surface area contributed by atoms with Crippen LogP contribution in [0, 0.1) is 0 Å². The van der Waals surface area contributed by atoms with Crippen molar-refractivity contribution in [3.63, 3.8) is 0 Å². The van der Waals surface area contributed by atoms with Crippen LogP contribution in [0.3, 0.4) is 0 Å². The van der Waals surface area contributed by atoms with E-state index in [2.05, 4.69) is 5.32 Å². The molecule has 0 fully saturated rings. The van der Waals surface area contributed by atoms with E-state index in [1.54, 1.807) is 0 Å². The molecule has 0 aliphatic carbocycles. The van der Waals surface area contributed by atoms with Crippen LogP contribution in [0.25, 0.3) is 0 Å². The number of hydrogen-bond donors (Lipinski definition) is 2. The number of benzene rings is 1. The Bertz CT molecular complexity index is 386. The first-order chi connectivity index (χ1) is 6.50. The molecular weight excluding hydrogens is 186 g/mol. The average Bonchev–Trinajstić information content (AvgIpc) is 2.01. The smallest absolute Gasteiger partial charge is 0.335 e. The lowest BCUT2D eigenvalue weighted by Crippen LogP contribution is -2.08. The van der Waals surface area contributed by atoms with Crippen LogP contribution >= 0.6 is 0 Å². The lowest BCUT2D eigenvalue weighted by Gasteiger charge is -2.11. The van der Waals surface area contributed by atoms with Crippen molar-refractivity contribution in [1.82, 2.24) is 0 Å². The van der Waals surface area contributed by atoms with E-state index in [4.69, 9.17) is 5.11 Å². The van der Waals surface area contributed by atoms with E-state index >= 15 is 0 Å². The summed E-state index contributed by atoms with van der Waals surface area (Å²) in [5, 5.41) is 22.1. The fourth-order valence-corrected chi connectivity index (χ4v) is 0.980. The van der Waals surface area contributed by atoms with E-state index in [-0.39, 0.29) is 11.5 Å². The van der Waals surface area contributed by atoms with Crippen LogP contribution in [-0.4, -0.2) is 17.0 Å². The Balaban J connectivity index is 3.00. The molecule has 0 saturated heterocycles. The number of aromatic carboxylic acids is 1. The van der Waals surface area contributed by atoms with E-state index in [1.807, 2.05) is 0 Å². The third-order valence-electron chi connectivity index (χ3n) is 1.53. The molecule has 0 spiro atoms. The molecule has 1 aromatic carbocycles. The number of carbonyl (C=O) groups excluding carboxylic acids is 1. The summed E-state index contributed by atoms with van der Waals surface area (Å²) in [6, 6.07) is 3.60. The van der Waals surface area contributed by atoms with Crippen LogP contribution in [0.1, 0.15) is 17.3 Å². The molecule has 1 aromatic rings. The van der Waals surface area contributed by atoms with E-state index in [1.165, 1.54) is 13.0 Å². The number of anilines is 1. The minimum Gasteiger partial charge on any atom is -0.872 e. The Kier molecular flexibility index (Phi) is 2.71. The number of carboxylic acid groups (broad SMARTS) is 1. The highest BCUT2D eigenvalue weighted by atomic mass is 16.4. The van der Waals surface area contributed by atoms with Crippen molar-refractivity contribution in [2.75, 3.05) is 5.32 Å². The summed E-state index contributed by atoms with van der Waals surface area (Å²) in [5.41, 5.74) is -0.00778. The maximum Gasteiger partial charge on any atom is 0.335 e. The van der Waals surface area contributed by atoms with E-state index in [0.29, 0.717) is 5.69 Å².